The second kappa shape index (κ2) is 4.92. The van der Waals surface area contributed by atoms with E-state index in [9.17, 15) is 15.0 Å². The zero-order valence-electron chi connectivity index (χ0n) is 9.98. The number of hydrogen-bond acceptors (Lipinski definition) is 4. The average molecular weight is 244 g/mol. The average Bonchev–Trinajstić information content (AvgIpc) is 2.56. The van der Waals surface area contributed by atoms with E-state index in [-0.39, 0.29) is 6.61 Å². The van der Waals surface area contributed by atoms with E-state index in [1.54, 1.807) is 0 Å². The summed E-state index contributed by atoms with van der Waals surface area (Å²) in [4.78, 5) is 11.6. The molecule has 5 nitrogen and oxygen atoms in total. The van der Waals surface area contributed by atoms with Crippen molar-refractivity contribution in [3.8, 4) is 0 Å². The lowest BCUT2D eigenvalue weighted by atomic mass is 9.65. The van der Waals surface area contributed by atoms with E-state index in [4.69, 9.17) is 9.47 Å². The molecule has 0 radical (unpaired) electrons. The molecule has 0 saturated carbocycles. The van der Waals surface area contributed by atoms with Gasteiger partial charge in [-0.2, -0.15) is 0 Å². The Kier molecular flexibility index (Phi) is 3.70. The molecule has 2 unspecified atom stereocenters. The fourth-order valence-electron chi connectivity index (χ4n) is 2.94. The molecule has 2 saturated heterocycles. The van der Waals surface area contributed by atoms with Gasteiger partial charge in [0.1, 0.15) is 5.41 Å². The molecule has 2 atom stereocenters. The van der Waals surface area contributed by atoms with Crippen molar-refractivity contribution in [1.82, 2.24) is 0 Å². The van der Waals surface area contributed by atoms with Crippen LogP contribution < -0.4 is 0 Å². The van der Waals surface area contributed by atoms with Gasteiger partial charge in [0.25, 0.3) is 0 Å². The zero-order chi connectivity index (χ0) is 12.4. The van der Waals surface area contributed by atoms with E-state index in [0.717, 1.165) is 0 Å². The highest BCUT2D eigenvalue weighted by molar-refractivity contribution is 5.76. The number of ether oxygens (including phenoxy) is 2. The van der Waals surface area contributed by atoms with Crippen molar-refractivity contribution in [3.05, 3.63) is 0 Å². The summed E-state index contributed by atoms with van der Waals surface area (Å²) in [6, 6.07) is 0. The van der Waals surface area contributed by atoms with Crippen molar-refractivity contribution in [1.29, 1.82) is 0 Å². The van der Waals surface area contributed by atoms with Gasteiger partial charge in [0.15, 0.2) is 0 Å². The van der Waals surface area contributed by atoms with Gasteiger partial charge in [-0.15, -0.1) is 0 Å². The Morgan fingerprint density at radius 2 is 1.71 bits per heavy atom. The molecule has 0 amide bonds. The quantitative estimate of drug-likeness (QED) is 0.751. The lowest BCUT2D eigenvalue weighted by Gasteiger charge is -2.45. The fraction of sp³-hybridized carbons (Fsp3) is 0.917. The van der Waals surface area contributed by atoms with Gasteiger partial charge in [-0.1, -0.05) is 0 Å². The number of hydrogen-bond donors (Lipinski definition) is 2. The van der Waals surface area contributed by atoms with Crippen LogP contribution in [0.4, 0.5) is 0 Å². The Balaban J connectivity index is 2.26. The Hall–Kier alpha value is -0.650. The minimum atomic E-state index is -1.20. The van der Waals surface area contributed by atoms with Gasteiger partial charge in [-0.25, -0.2) is 0 Å². The van der Waals surface area contributed by atoms with Crippen LogP contribution in [0.1, 0.15) is 32.1 Å². The molecular weight excluding hydrogens is 224 g/mol. The molecule has 0 aliphatic carbocycles. The summed E-state index contributed by atoms with van der Waals surface area (Å²) < 4.78 is 10.6. The van der Waals surface area contributed by atoms with Gasteiger partial charge in [0.2, 0.25) is 0 Å². The van der Waals surface area contributed by atoms with Gasteiger partial charge < -0.3 is 19.7 Å². The molecule has 0 aromatic heterocycles. The lowest BCUT2D eigenvalue weighted by Crippen LogP contribution is -2.57. The van der Waals surface area contributed by atoms with E-state index in [2.05, 4.69) is 0 Å². The number of aliphatic carboxylic acids is 1. The van der Waals surface area contributed by atoms with E-state index >= 15 is 0 Å². The van der Waals surface area contributed by atoms with Gasteiger partial charge in [-0.05, 0) is 25.7 Å². The number of rotatable bonds is 2. The molecule has 0 spiro atoms. The molecule has 2 heterocycles. The third-order valence-corrected chi connectivity index (χ3v) is 4.08. The number of aliphatic hydroxyl groups is 1. The van der Waals surface area contributed by atoms with E-state index in [1.807, 2.05) is 0 Å². The van der Waals surface area contributed by atoms with Gasteiger partial charge >= 0.3 is 5.97 Å². The molecule has 2 N–H and O–H groups in total. The molecule has 0 aromatic rings. The fourth-order valence-corrected chi connectivity index (χ4v) is 2.94. The Morgan fingerprint density at radius 1 is 1.00 bits per heavy atom. The molecule has 17 heavy (non-hydrogen) atoms. The minimum Gasteiger partial charge on any atom is -0.481 e. The zero-order valence-corrected chi connectivity index (χ0v) is 9.98. The van der Waals surface area contributed by atoms with Crippen LogP contribution in [0.25, 0.3) is 0 Å². The predicted molar refractivity (Wildman–Crippen MR) is 59.7 cm³/mol. The molecule has 98 valence electrons. The molecule has 2 fully saturated rings. The second-order valence-electron chi connectivity index (χ2n) is 5.04. The molecule has 2 aliphatic rings. The van der Waals surface area contributed by atoms with Crippen molar-refractivity contribution in [2.24, 2.45) is 5.41 Å². The predicted octanol–water partition coefficient (Wildman–Crippen LogP) is 0.799. The second-order valence-corrected chi connectivity index (χ2v) is 5.04. The summed E-state index contributed by atoms with van der Waals surface area (Å²) in [5.74, 6) is -0.943. The van der Waals surface area contributed by atoms with E-state index in [0.29, 0.717) is 51.9 Å². The SMILES string of the molecule is O=C(O)C1(C2(O)CCCOCC2)CCCOC1. The summed E-state index contributed by atoms with van der Waals surface area (Å²) in [6.07, 6.45) is 2.73. The Morgan fingerprint density at radius 3 is 2.35 bits per heavy atom. The van der Waals surface area contributed by atoms with Crippen LogP contribution >= 0.6 is 0 Å². The molecular formula is C12H20O5. The van der Waals surface area contributed by atoms with Gasteiger partial charge in [0.05, 0.1) is 12.2 Å². The summed E-state index contributed by atoms with van der Waals surface area (Å²) >= 11 is 0. The molecule has 2 rings (SSSR count). The first-order chi connectivity index (χ1) is 8.11. The molecule has 5 heteroatoms. The van der Waals surface area contributed by atoms with Gasteiger partial charge in [-0.3, -0.25) is 4.79 Å². The van der Waals surface area contributed by atoms with Crippen LogP contribution in [0.2, 0.25) is 0 Å². The van der Waals surface area contributed by atoms with Crippen molar-refractivity contribution in [3.63, 3.8) is 0 Å². The first kappa shape index (κ1) is 12.8. The summed E-state index contributed by atoms with van der Waals surface area (Å²) in [7, 11) is 0. The smallest absolute Gasteiger partial charge is 0.314 e. The maximum Gasteiger partial charge on any atom is 0.314 e. The van der Waals surface area contributed by atoms with Crippen LogP contribution in [0.5, 0.6) is 0 Å². The maximum absolute atomic E-state index is 11.6. The summed E-state index contributed by atoms with van der Waals surface area (Å²) in [6.45, 7) is 1.71. The number of carboxylic acids is 1. The van der Waals surface area contributed by atoms with Crippen LogP contribution in [-0.2, 0) is 14.3 Å². The van der Waals surface area contributed by atoms with Crippen molar-refractivity contribution in [2.45, 2.75) is 37.7 Å². The monoisotopic (exact) mass is 244 g/mol. The van der Waals surface area contributed by atoms with Crippen LogP contribution in [0.3, 0.4) is 0 Å². The van der Waals surface area contributed by atoms with Crippen molar-refractivity contribution in [2.75, 3.05) is 26.4 Å². The van der Waals surface area contributed by atoms with Crippen LogP contribution in [0, 0.1) is 5.41 Å². The first-order valence-electron chi connectivity index (χ1n) is 6.22. The number of carboxylic acid groups (broad SMARTS) is 1. The Labute approximate surface area is 101 Å². The molecule has 0 aromatic carbocycles. The maximum atomic E-state index is 11.6. The third-order valence-electron chi connectivity index (χ3n) is 4.08. The minimum absolute atomic E-state index is 0.110. The largest absolute Gasteiger partial charge is 0.481 e. The highest BCUT2D eigenvalue weighted by Crippen LogP contribution is 2.45. The third kappa shape index (κ3) is 2.19. The van der Waals surface area contributed by atoms with Crippen LogP contribution in [0.15, 0.2) is 0 Å². The van der Waals surface area contributed by atoms with E-state index < -0.39 is 17.0 Å². The summed E-state index contributed by atoms with van der Waals surface area (Å²) in [5, 5.41) is 20.3. The molecule has 2 aliphatic heterocycles. The highest BCUT2D eigenvalue weighted by atomic mass is 16.5. The highest BCUT2D eigenvalue weighted by Gasteiger charge is 2.56. The Bertz CT molecular complexity index is 275. The van der Waals surface area contributed by atoms with Crippen LogP contribution in [-0.4, -0.2) is 48.2 Å². The van der Waals surface area contributed by atoms with E-state index in [1.165, 1.54) is 0 Å². The molecule has 0 bridgehead atoms. The first-order valence-corrected chi connectivity index (χ1v) is 6.22. The normalized spacial score (nSPS) is 39.6. The number of carbonyl (C=O) groups is 1. The van der Waals surface area contributed by atoms with Crippen molar-refractivity contribution >= 4 is 5.97 Å². The summed E-state index contributed by atoms with van der Waals surface area (Å²) in [5.41, 5.74) is -2.35. The van der Waals surface area contributed by atoms with Gasteiger partial charge in [0, 0.05) is 26.2 Å². The topological polar surface area (TPSA) is 76.0 Å². The standard InChI is InChI=1S/C12H20O5/c13-10(14)11(3-1-7-17-9-11)12(15)4-2-6-16-8-5-12/h15H,1-9H2,(H,13,14). The lowest BCUT2D eigenvalue weighted by molar-refractivity contribution is -0.192. The van der Waals surface area contributed by atoms with Crippen molar-refractivity contribution < 1.29 is 24.5 Å².